The molecule has 4 aromatic rings. The van der Waals surface area contributed by atoms with Gasteiger partial charge in [0.05, 0.1) is 5.52 Å². The van der Waals surface area contributed by atoms with Crippen molar-refractivity contribution in [3.63, 3.8) is 0 Å². The van der Waals surface area contributed by atoms with Crippen LogP contribution in [-0.4, -0.2) is 67.6 Å². The molecule has 0 unspecified atom stereocenters. The summed E-state index contributed by atoms with van der Waals surface area (Å²) in [6, 6.07) is 6.95. The Kier molecular flexibility index (Phi) is 9.18. The Morgan fingerprint density at radius 3 is 2.40 bits per heavy atom. The van der Waals surface area contributed by atoms with Crippen LogP contribution in [0.3, 0.4) is 0 Å². The average molecular weight is 761 g/mol. The first-order chi connectivity index (χ1) is 23.3. The molecule has 11 nitrogen and oxygen atoms in total. The largest absolute Gasteiger partial charge is 0.407 e. The number of halogens is 1. The number of carbonyl (C=O) groups excluding carboxylic acids is 3. The SMILES string of the molecule is CC(=O)c1nn(CC(=O)N2[C@H](C(=O)Nc3nc(Br)ccc3C)C[C@@]3(C)C[C@@H]23)c2c(C)cc(-c3cnc([C@H](C)O[Si](C)(C)C(C)(C)C)nc3)cc12. The molecule has 50 heavy (non-hydrogen) atoms. The highest BCUT2D eigenvalue weighted by atomic mass is 79.9. The van der Waals surface area contributed by atoms with E-state index in [-0.39, 0.29) is 52.4 Å². The molecule has 1 N–H and O–H groups in total. The summed E-state index contributed by atoms with van der Waals surface area (Å²) < 4.78 is 8.73. The third kappa shape index (κ3) is 6.67. The van der Waals surface area contributed by atoms with E-state index in [0.717, 1.165) is 28.7 Å². The van der Waals surface area contributed by atoms with Gasteiger partial charge in [-0.05, 0) is 108 Å². The second-order valence-corrected chi connectivity index (χ2v) is 21.4. The highest BCUT2D eigenvalue weighted by Gasteiger charge is 2.64. The van der Waals surface area contributed by atoms with Gasteiger partial charge in [0.25, 0.3) is 0 Å². The fourth-order valence-electron chi connectivity index (χ4n) is 6.84. The summed E-state index contributed by atoms with van der Waals surface area (Å²) in [5.74, 6) is 0.413. The number of Topliss-reactive ketones (excluding diaryl/α,β-unsaturated/α-hetero) is 1. The molecule has 4 atom stereocenters. The lowest BCUT2D eigenvalue weighted by atomic mass is 10.0. The van der Waals surface area contributed by atoms with E-state index in [2.05, 4.69) is 82.1 Å². The van der Waals surface area contributed by atoms with Crippen molar-refractivity contribution in [3.05, 3.63) is 63.9 Å². The lowest BCUT2D eigenvalue weighted by molar-refractivity contribution is -0.138. The van der Waals surface area contributed by atoms with Crippen LogP contribution in [0, 0.1) is 19.3 Å². The number of pyridine rings is 1. The molecule has 13 heteroatoms. The summed E-state index contributed by atoms with van der Waals surface area (Å²) in [4.78, 5) is 56.0. The van der Waals surface area contributed by atoms with Gasteiger partial charge >= 0.3 is 0 Å². The predicted molar refractivity (Wildman–Crippen MR) is 199 cm³/mol. The Labute approximate surface area is 302 Å². The zero-order valence-corrected chi connectivity index (χ0v) is 33.1. The summed E-state index contributed by atoms with van der Waals surface area (Å²) in [5.41, 5.74) is 4.21. The molecule has 1 saturated heterocycles. The van der Waals surface area contributed by atoms with Crippen molar-refractivity contribution in [1.29, 1.82) is 0 Å². The number of likely N-dealkylation sites (tertiary alicyclic amines) is 1. The molecule has 1 saturated carbocycles. The molecule has 1 aliphatic heterocycles. The number of hydrogen-bond donors (Lipinski definition) is 1. The first-order valence-corrected chi connectivity index (χ1v) is 20.8. The van der Waals surface area contributed by atoms with E-state index < -0.39 is 14.4 Å². The van der Waals surface area contributed by atoms with Gasteiger partial charge in [-0.2, -0.15) is 5.10 Å². The first-order valence-electron chi connectivity index (χ1n) is 17.1. The van der Waals surface area contributed by atoms with E-state index >= 15 is 0 Å². The fourth-order valence-corrected chi connectivity index (χ4v) is 8.49. The molecule has 264 valence electrons. The Bertz CT molecular complexity index is 2020. The molecule has 2 aliphatic rings. The topological polar surface area (TPSA) is 132 Å². The maximum absolute atomic E-state index is 14.1. The predicted octanol–water partition coefficient (Wildman–Crippen LogP) is 7.57. The third-order valence-electron chi connectivity index (χ3n) is 10.8. The zero-order valence-electron chi connectivity index (χ0n) is 30.5. The number of aromatic nitrogens is 5. The minimum Gasteiger partial charge on any atom is -0.407 e. The van der Waals surface area contributed by atoms with Crippen LogP contribution in [0.2, 0.25) is 18.1 Å². The van der Waals surface area contributed by atoms with Crippen molar-refractivity contribution in [1.82, 2.24) is 29.6 Å². The molecule has 0 bridgehead atoms. The molecule has 2 amide bonds. The normalized spacial score (nSPS) is 20.9. The van der Waals surface area contributed by atoms with E-state index in [0.29, 0.717) is 33.6 Å². The second-order valence-electron chi connectivity index (χ2n) is 15.8. The van der Waals surface area contributed by atoms with Crippen LogP contribution in [0.1, 0.15) is 87.9 Å². The van der Waals surface area contributed by atoms with Crippen molar-refractivity contribution < 1.29 is 18.8 Å². The summed E-state index contributed by atoms with van der Waals surface area (Å²) in [5, 5.41) is 8.33. The van der Waals surface area contributed by atoms with Crippen LogP contribution < -0.4 is 5.32 Å². The number of nitrogens with one attached hydrogen (secondary N) is 1. The number of fused-ring (bicyclic) bond motifs is 2. The summed E-state index contributed by atoms with van der Waals surface area (Å²) in [6.45, 7) is 20.3. The van der Waals surface area contributed by atoms with Crippen LogP contribution in [0.25, 0.3) is 22.0 Å². The lowest BCUT2D eigenvalue weighted by Crippen LogP contribution is -2.47. The summed E-state index contributed by atoms with van der Waals surface area (Å²) in [7, 11) is -2.01. The van der Waals surface area contributed by atoms with Crippen LogP contribution in [-0.2, 0) is 20.6 Å². The summed E-state index contributed by atoms with van der Waals surface area (Å²) in [6.07, 6.45) is 4.74. The Hall–Kier alpha value is -3.81. The molecule has 0 radical (unpaired) electrons. The lowest BCUT2D eigenvalue weighted by Gasteiger charge is -2.38. The van der Waals surface area contributed by atoms with Gasteiger partial charge in [-0.25, -0.2) is 15.0 Å². The number of piperidine rings is 1. The van der Waals surface area contributed by atoms with Crippen LogP contribution in [0.15, 0.2) is 41.3 Å². The van der Waals surface area contributed by atoms with Crippen molar-refractivity contribution in [2.24, 2.45) is 5.41 Å². The average Bonchev–Trinajstić information content (AvgIpc) is 3.38. The van der Waals surface area contributed by atoms with Crippen molar-refractivity contribution in [2.75, 3.05) is 5.32 Å². The third-order valence-corrected chi connectivity index (χ3v) is 15.8. The Morgan fingerprint density at radius 2 is 1.76 bits per heavy atom. The molecule has 1 aromatic carbocycles. The molecule has 0 spiro atoms. The first kappa shape index (κ1) is 36.0. The minimum atomic E-state index is -2.01. The molecule has 1 aliphatic carbocycles. The standard InChI is InChI=1S/C37H46BrN7O4Si/c1-20-11-12-29(38)41-33(20)42-35(48)27-15-37(8)16-28(37)45(27)30(47)19-44-32-21(2)13-24(14-26(32)31(43-44)22(3)46)25-17-39-34(40-18-25)23(4)49-50(9,10)36(5,6)7/h11-14,17-18,23,27-28H,15-16,19H2,1-10H3,(H,41,42,48)/t23-,27-,28+,37-/m0/s1. The van der Waals surface area contributed by atoms with Gasteiger partial charge in [-0.3, -0.25) is 19.1 Å². The maximum Gasteiger partial charge on any atom is 0.248 e. The number of amides is 2. The smallest absolute Gasteiger partial charge is 0.248 e. The van der Waals surface area contributed by atoms with E-state index in [4.69, 9.17) is 4.43 Å². The number of rotatable bonds is 9. The van der Waals surface area contributed by atoms with Crippen molar-refractivity contribution in [2.45, 2.75) is 111 Å². The van der Waals surface area contributed by atoms with Crippen LogP contribution in [0.4, 0.5) is 5.82 Å². The molecular weight excluding hydrogens is 714 g/mol. The maximum atomic E-state index is 14.1. The Morgan fingerprint density at radius 1 is 1.08 bits per heavy atom. The van der Waals surface area contributed by atoms with E-state index in [9.17, 15) is 14.4 Å². The van der Waals surface area contributed by atoms with Crippen LogP contribution in [0.5, 0.6) is 0 Å². The highest BCUT2D eigenvalue weighted by molar-refractivity contribution is 9.10. The van der Waals surface area contributed by atoms with Gasteiger partial charge in [-0.1, -0.05) is 33.8 Å². The number of carbonyl (C=O) groups is 3. The molecule has 6 rings (SSSR count). The number of aryl methyl sites for hydroxylation is 2. The van der Waals surface area contributed by atoms with E-state index in [1.54, 1.807) is 22.0 Å². The number of hydrogen-bond acceptors (Lipinski definition) is 8. The number of benzene rings is 1. The highest BCUT2D eigenvalue weighted by Crippen LogP contribution is 2.59. The monoisotopic (exact) mass is 759 g/mol. The quantitative estimate of drug-likeness (QED) is 0.105. The van der Waals surface area contributed by atoms with Crippen LogP contribution >= 0.6 is 15.9 Å². The van der Waals surface area contributed by atoms with Gasteiger partial charge in [0.2, 0.25) is 11.8 Å². The van der Waals surface area contributed by atoms with Crippen molar-refractivity contribution in [3.8, 4) is 11.1 Å². The second kappa shape index (κ2) is 12.7. The minimum absolute atomic E-state index is 0.0258. The molecule has 3 aromatic heterocycles. The van der Waals surface area contributed by atoms with Gasteiger partial charge in [0.15, 0.2) is 19.9 Å². The van der Waals surface area contributed by atoms with Gasteiger partial charge in [0, 0.05) is 36.3 Å². The number of ketones is 1. The van der Waals surface area contributed by atoms with Gasteiger partial charge in [0.1, 0.15) is 34.8 Å². The van der Waals surface area contributed by atoms with Gasteiger partial charge in [-0.15, -0.1) is 0 Å². The molecular formula is C37H46BrN7O4Si. The fraction of sp³-hybridized carbons (Fsp3) is 0.486. The van der Waals surface area contributed by atoms with E-state index in [1.807, 2.05) is 45.0 Å². The number of anilines is 1. The number of nitrogens with zero attached hydrogens (tertiary/aromatic N) is 6. The zero-order chi connectivity index (χ0) is 36.5. The molecule has 2 fully saturated rings. The molecule has 4 heterocycles. The van der Waals surface area contributed by atoms with E-state index in [1.165, 1.54) is 6.92 Å². The summed E-state index contributed by atoms with van der Waals surface area (Å²) >= 11 is 3.37. The van der Waals surface area contributed by atoms with Crippen molar-refractivity contribution >= 4 is 58.6 Å². The van der Waals surface area contributed by atoms with Gasteiger partial charge < -0.3 is 14.6 Å². The Balaban J connectivity index is 1.26.